The number of ether oxygens (including phenoxy) is 2. The molecule has 0 spiro atoms. The van der Waals surface area contributed by atoms with Gasteiger partial charge in [-0.2, -0.15) is 0 Å². The number of rotatable bonds is 7. The highest BCUT2D eigenvalue weighted by molar-refractivity contribution is 9.12. The van der Waals surface area contributed by atoms with E-state index in [1.165, 1.54) is 6.92 Å². The standard InChI is InChI=1S/C22H24Br2N2O6/c1-3-31-12-6-4-11(5-7-12)25-15(27)9-32-22(30)10(2)26-20(28)16-13-8-14(17(16)21(26)29)19(24)18(13)23/h4-7,10,13-14,16-19H,3,8-9H2,1-2H3,(H,25,27)/t10-,13+,14+,16+,17+,18-,19+/m0/s1. The van der Waals surface area contributed by atoms with Crippen molar-refractivity contribution >= 4 is 61.2 Å². The quantitative estimate of drug-likeness (QED) is 0.307. The van der Waals surface area contributed by atoms with Crippen LogP contribution in [-0.4, -0.2) is 57.5 Å². The fourth-order valence-electron chi connectivity index (χ4n) is 5.11. The number of hydrogen-bond donors (Lipinski definition) is 1. The van der Waals surface area contributed by atoms with Gasteiger partial charge in [0.15, 0.2) is 6.61 Å². The second-order valence-electron chi connectivity index (χ2n) is 8.34. The lowest BCUT2D eigenvalue weighted by molar-refractivity contribution is -0.159. The minimum absolute atomic E-state index is 0.0685. The summed E-state index contributed by atoms with van der Waals surface area (Å²) < 4.78 is 10.4. The maximum Gasteiger partial charge on any atom is 0.329 e. The number of hydrogen-bond acceptors (Lipinski definition) is 6. The summed E-state index contributed by atoms with van der Waals surface area (Å²) in [6.07, 6.45) is 0.817. The SMILES string of the molecule is CCOc1ccc(NC(=O)COC(=O)[C@H](C)N2C(=O)[C@@H]3[C@H]4C[C@@H]([C@@H](Br)[C@H]4Br)[C@H]3C2=O)cc1. The first kappa shape index (κ1) is 23.2. The van der Waals surface area contributed by atoms with Gasteiger partial charge in [0.2, 0.25) is 11.8 Å². The summed E-state index contributed by atoms with van der Waals surface area (Å²) in [4.78, 5) is 52.0. The maximum absolute atomic E-state index is 13.0. The van der Waals surface area contributed by atoms with Crippen molar-refractivity contribution in [2.75, 3.05) is 18.5 Å². The molecule has 1 aromatic carbocycles. The molecule has 3 amide bonds. The van der Waals surface area contributed by atoms with Gasteiger partial charge in [0, 0.05) is 15.3 Å². The molecule has 1 heterocycles. The van der Waals surface area contributed by atoms with E-state index >= 15 is 0 Å². The highest BCUT2D eigenvalue weighted by Gasteiger charge is 2.67. The summed E-state index contributed by atoms with van der Waals surface area (Å²) in [5.41, 5.74) is 0.532. The van der Waals surface area contributed by atoms with E-state index in [4.69, 9.17) is 9.47 Å². The third-order valence-electron chi connectivity index (χ3n) is 6.54. The Kier molecular flexibility index (Phi) is 6.63. The highest BCUT2D eigenvalue weighted by atomic mass is 79.9. The van der Waals surface area contributed by atoms with Crippen LogP contribution >= 0.6 is 31.9 Å². The summed E-state index contributed by atoms with van der Waals surface area (Å²) in [5, 5.41) is 2.62. The van der Waals surface area contributed by atoms with E-state index in [1.54, 1.807) is 24.3 Å². The minimum atomic E-state index is -1.08. The van der Waals surface area contributed by atoms with Gasteiger partial charge in [-0.3, -0.25) is 19.3 Å². The molecule has 1 N–H and O–H groups in total. The Labute approximate surface area is 202 Å². The molecule has 2 aliphatic carbocycles. The lowest BCUT2D eigenvalue weighted by Crippen LogP contribution is -2.45. The number of carbonyl (C=O) groups excluding carboxylic acids is 4. The summed E-state index contributed by atoms with van der Waals surface area (Å²) in [6.45, 7) is 3.36. The zero-order valence-corrected chi connectivity index (χ0v) is 20.8. The number of amides is 3. The Hall–Kier alpha value is -1.94. The lowest BCUT2D eigenvalue weighted by atomic mass is 9.81. The number of likely N-dealkylation sites (tertiary alicyclic amines) is 1. The van der Waals surface area contributed by atoms with Crippen LogP contribution in [0.25, 0.3) is 0 Å². The normalized spacial score (nSPS) is 31.4. The van der Waals surface area contributed by atoms with Gasteiger partial charge in [-0.15, -0.1) is 0 Å². The van der Waals surface area contributed by atoms with E-state index in [0.717, 1.165) is 11.3 Å². The molecular weight excluding hydrogens is 548 g/mol. The average Bonchev–Trinajstić information content (AvgIpc) is 3.38. The van der Waals surface area contributed by atoms with Gasteiger partial charge in [0.25, 0.3) is 5.91 Å². The van der Waals surface area contributed by atoms with Gasteiger partial charge in [0.05, 0.1) is 18.4 Å². The Balaban J connectivity index is 1.32. The monoisotopic (exact) mass is 570 g/mol. The summed E-state index contributed by atoms with van der Waals surface area (Å²) >= 11 is 7.28. The Morgan fingerprint density at radius 2 is 1.66 bits per heavy atom. The number of carbonyl (C=O) groups is 4. The Morgan fingerprint density at radius 1 is 1.09 bits per heavy atom. The summed E-state index contributed by atoms with van der Waals surface area (Å²) in [6, 6.07) is 5.71. The first-order valence-corrected chi connectivity index (χ1v) is 12.4. The molecule has 3 fully saturated rings. The molecule has 1 aliphatic heterocycles. The third-order valence-corrected chi connectivity index (χ3v) is 9.75. The molecule has 2 saturated carbocycles. The summed E-state index contributed by atoms with van der Waals surface area (Å²) in [5.74, 6) is -1.93. The van der Waals surface area contributed by atoms with Crippen LogP contribution in [0.2, 0.25) is 0 Å². The molecule has 1 aromatic rings. The topological polar surface area (TPSA) is 102 Å². The largest absolute Gasteiger partial charge is 0.494 e. The first-order valence-electron chi connectivity index (χ1n) is 10.6. The lowest BCUT2D eigenvalue weighted by Gasteiger charge is -2.28. The molecule has 32 heavy (non-hydrogen) atoms. The number of nitrogens with one attached hydrogen (secondary N) is 1. The van der Waals surface area contributed by atoms with Gasteiger partial charge in [-0.25, -0.2) is 4.79 Å². The molecule has 7 atom stereocenters. The maximum atomic E-state index is 13.0. The van der Waals surface area contributed by atoms with Crippen molar-refractivity contribution in [1.29, 1.82) is 0 Å². The fraction of sp³-hybridized carbons (Fsp3) is 0.545. The van der Waals surface area contributed by atoms with Crippen molar-refractivity contribution < 1.29 is 28.7 Å². The van der Waals surface area contributed by atoms with Crippen molar-refractivity contribution in [3.05, 3.63) is 24.3 Å². The molecule has 10 heteroatoms. The average molecular weight is 572 g/mol. The Morgan fingerprint density at radius 3 is 2.19 bits per heavy atom. The molecule has 8 nitrogen and oxygen atoms in total. The molecule has 4 rings (SSSR count). The fourth-order valence-corrected chi connectivity index (χ4v) is 6.99. The molecular formula is C22H24Br2N2O6. The number of alkyl halides is 2. The third kappa shape index (κ3) is 3.96. The van der Waals surface area contributed by atoms with E-state index in [9.17, 15) is 19.2 Å². The van der Waals surface area contributed by atoms with Crippen molar-refractivity contribution in [2.24, 2.45) is 23.7 Å². The van der Waals surface area contributed by atoms with E-state index in [-0.39, 0.29) is 33.3 Å². The second-order valence-corrected chi connectivity index (χ2v) is 10.5. The second kappa shape index (κ2) is 9.13. The van der Waals surface area contributed by atoms with Crippen LogP contribution < -0.4 is 10.1 Å². The van der Waals surface area contributed by atoms with Gasteiger partial charge in [-0.05, 0) is 56.4 Å². The molecule has 1 saturated heterocycles. The van der Waals surface area contributed by atoms with Gasteiger partial charge in [0.1, 0.15) is 11.8 Å². The molecule has 0 radical (unpaired) electrons. The number of halogens is 2. The van der Waals surface area contributed by atoms with Crippen LogP contribution in [0.3, 0.4) is 0 Å². The Bertz CT molecular complexity index is 907. The molecule has 0 aromatic heterocycles. The number of esters is 1. The van der Waals surface area contributed by atoms with Gasteiger partial charge >= 0.3 is 5.97 Å². The van der Waals surface area contributed by atoms with Crippen LogP contribution in [0.1, 0.15) is 20.3 Å². The van der Waals surface area contributed by atoms with Crippen molar-refractivity contribution in [2.45, 2.75) is 36.0 Å². The van der Waals surface area contributed by atoms with Gasteiger partial charge in [-0.1, -0.05) is 31.9 Å². The highest BCUT2D eigenvalue weighted by Crippen LogP contribution is 2.60. The smallest absolute Gasteiger partial charge is 0.329 e. The zero-order chi connectivity index (χ0) is 23.2. The zero-order valence-electron chi connectivity index (χ0n) is 17.6. The van der Waals surface area contributed by atoms with Crippen LogP contribution in [0.5, 0.6) is 5.75 Å². The molecule has 2 bridgehead atoms. The molecule has 0 unspecified atom stereocenters. The number of imide groups is 1. The van der Waals surface area contributed by atoms with E-state index in [1.807, 2.05) is 6.92 Å². The summed E-state index contributed by atoms with van der Waals surface area (Å²) in [7, 11) is 0. The van der Waals surface area contributed by atoms with Crippen molar-refractivity contribution in [3.63, 3.8) is 0 Å². The van der Waals surface area contributed by atoms with Crippen LogP contribution in [0, 0.1) is 23.7 Å². The predicted octanol–water partition coefficient (Wildman–Crippen LogP) is 2.73. The van der Waals surface area contributed by atoms with Crippen LogP contribution in [-0.2, 0) is 23.9 Å². The molecule has 3 aliphatic rings. The first-order chi connectivity index (χ1) is 15.2. The van der Waals surface area contributed by atoms with E-state index in [0.29, 0.717) is 18.0 Å². The van der Waals surface area contributed by atoms with Gasteiger partial charge < -0.3 is 14.8 Å². The van der Waals surface area contributed by atoms with E-state index in [2.05, 4.69) is 37.2 Å². The number of nitrogens with zero attached hydrogens (tertiary/aromatic N) is 1. The van der Waals surface area contributed by atoms with Crippen LogP contribution in [0.15, 0.2) is 24.3 Å². The van der Waals surface area contributed by atoms with Crippen LogP contribution in [0.4, 0.5) is 5.69 Å². The van der Waals surface area contributed by atoms with E-state index < -0.39 is 36.4 Å². The number of fused-ring (bicyclic) bond motifs is 5. The number of anilines is 1. The number of benzene rings is 1. The minimum Gasteiger partial charge on any atom is -0.494 e. The van der Waals surface area contributed by atoms with Crippen molar-refractivity contribution in [1.82, 2.24) is 4.90 Å². The van der Waals surface area contributed by atoms with Crippen molar-refractivity contribution in [3.8, 4) is 5.75 Å². The molecule has 172 valence electrons. The predicted molar refractivity (Wildman–Crippen MR) is 123 cm³/mol.